The molecule has 1 heterocycles. The first-order chi connectivity index (χ1) is 8.24. The molecule has 5 heteroatoms. The number of hydrogen-bond donors (Lipinski definition) is 1. The normalized spacial score (nSPS) is 10.4. The highest BCUT2D eigenvalue weighted by molar-refractivity contribution is 7.13. The van der Waals surface area contributed by atoms with Gasteiger partial charge in [-0.05, 0) is 6.42 Å². The number of carbonyl (C=O) groups is 1. The van der Waals surface area contributed by atoms with E-state index in [1.165, 1.54) is 19.3 Å². The summed E-state index contributed by atoms with van der Waals surface area (Å²) in [5.74, 6) is -0.750. The summed E-state index contributed by atoms with van der Waals surface area (Å²) in [6, 6.07) is 0. The zero-order chi connectivity index (χ0) is 12.5. The molecule has 0 aliphatic rings. The smallest absolute Gasteiger partial charge is 0.305 e. The Morgan fingerprint density at radius 2 is 2.24 bits per heavy atom. The van der Waals surface area contributed by atoms with Crippen LogP contribution in [0.3, 0.4) is 0 Å². The lowest BCUT2D eigenvalue weighted by Crippen LogP contribution is -2.27. The second-order valence-corrected chi connectivity index (χ2v) is 4.88. The van der Waals surface area contributed by atoms with E-state index >= 15 is 0 Å². The van der Waals surface area contributed by atoms with Crippen LogP contribution in [0.1, 0.15) is 39.0 Å². The van der Waals surface area contributed by atoms with Crippen molar-refractivity contribution >= 4 is 22.4 Å². The van der Waals surface area contributed by atoms with E-state index in [9.17, 15) is 4.79 Å². The van der Waals surface area contributed by atoms with Crippen molar-refractivity contribution in [2.24, 2.45) is 0 Å². The predicted octanol–water partition coefficient (Wildman–Crippen LogP) is 3.00. The van der Waals surface area contributed by atoms with Crippen LogP contribution in [0.15, 0.2) is 11.6 Å². The molecule has 0 bridgehead atoms. The van der Waals surface area contributed by atoms with Crippen LogP contribution in [0, 0.1) is 0 Å². The lowest BCUT2D eigenvalue weighted by Gasteiger charge is -2.20. The van der Waals surface area contributed by atoms with Gasteiger partial charge in [-0.2, -0.15) is 0 Å². The van der Waals surface area contributed by atoms with Crippen LogP contribution in [0.4, 0.5) is 5.13 Å². The summed E-state index contributed by atoms with van der Waals surface area (Å²) < 4.78 is 0. The van der Waals surface area contributed by atoms with Gasteiger partial charge in [-0.1, -0.05) is 26.2 Å². The van der Waals surface area contributed by atoms with Crippen LogP contribution in [0.5, 0.6) is 0 Å². The van der Waals surface area contributed by atoms with Gasteiger partial charge in [-0.3, -0.25) is 4.79 Å². The Kier molecular flexibility index (Phi) is 6.62. The van der Waals surface area contributed by atoms with Gasteiger partial charge in [0.25, 0.3) is 0 Å². The molecule has 0 fully saturated rings. The predicted molar refractivity (Wildman–Crippen MR) is 70.7 cm³/mol. The summed E-state index contributed by atoms with van der Waals surface area (Å²) in [7, 11) is 0. The third kappa shape index (κ3) is 5.68. The van der Waals surface area contributed by atoms with E-state index in [4.69, 9.17) is 5.11 Å². The number of thiazole rings is 1. The van der Waals surface area contributed by atoms with Crippen LogP contribution in [-0.2, 0) is 4.79 Å². The third-order valence-electron chi connectivity index (χ3n) is 2.57. The Balaban J connectivity index is 2.39. The van der Waals surface area contributed by atoms with Crippen LogP contribution in [0.25, 0.3) is 0 Å². The van der Waals surface area contributed by atoms with Crippen LogP contribution >= 0.6 is 11.3 Å². The minimum Gasteiger partial charge on any atom is -0.481 e. The fourth-order valence-corrected chi connectivity index (χ4v) is 2.33. The molecule has 0 saturated heterocycles. The van der Waals surface area contributed by atoms with Crippen molar-refractivity contribution < 1.29 is 9.90 Å². The van der Waals surface area contributed by atoms with E-state index in [1.807, 2.05) is 5.38 Å². The van der Waals surface area contributed by atoms with Crippen molar-refractivity contribution in [3.05, 3.63) is 11.6 Å². The summed E-state index contributed by atoms with van der Waals surface area (Å²) in [5.41, 5.74) is 0. The second kappa shape index (κ2) is 8.06. The van der Waals surface area contributed by atoms with Gasteiger partial charge in [-0.25, -0.2) is 4.98 Å². The highest BCUT2D eigenvalue weighted by Crippen LogP contribution is 2.18. The van der Waals surface area contributed by atoms with Crippen molar-refractivity contribution in [1.82, 2.24) is 4.98 Å². The van der Waals surface area contributed by atoms with E-state index in [2.05, 4.69) is 16.8 Å². The third-order valence-corrected chi connectivity index (χ3v) is 3.40. The van der Waals surface area contributed by atoms with Crippen molar-refractivity contribution in [1.29, 1.82) is 0 Å². The van der Waals surface area contributed by atoms with E-state index in [1.54, 1.807) is 17.5 Å². The van der Waals surface area contributed by atoms with Crippen molar-refractivity contribution in [2.75, 3.05) is 18.0 Å². The van der Waals surface area contributed by atoms with Crippen LogP contribution in [-0.4, -0.2) is 29.1 Å². The highest BCUT2D eigenvalue weighted by Gasteiger charge is 2.10. The number of aliphatic carboxylic acids is 1. The van der Waals surface area contributed by atoms with E-state index in [0.717, 1.165) is 18.1 Å². The maximum atomic E-state index is 10.6. The van der Waals surface area contributed by atoms with Crippen molar-refractivity contribution in [3.63, 3.8) is 0 Å². The molecule has 0 spiro atoms. The molecule has 0 unspecified atom stereocenters. The lowest BCUT2D eigenvalue weighted by atomic mass is 10.2. The standard InChI is InChI=1S/C12H20N2O2S/c1-2-3-4-5-8-14(9-6-11(15)16)12-13-7-10-17-12/h7,10H,2-6,8-9H2,1H3,(H,15,16). The van der Waals surface area contributed by atoms with Gasteiger partial charge in [-0.15, -0.1) is 11.3 Å². The molecule has 0 radical (unpaired) electrons. The van der Waals surface area contributed by atoms with E-state index in [0.29, 0.717) is 6.54 Å². The number of aromatic nitrogens is 1. The molecular formula is C12H20N2O2S. The van der Waals surface area contributed by atoms with Gasteiger partial charge in [0.2, 0.25) is 0 Å². The molecule has 1 N–H and O–H groups in total. The average molecular weight is 256 g/mol. The topological polar surface area (TPSA) is 53.4 Å². The second-order valence-electron chi connectivity index (χ2n) is 4.01. The molecule has 0 atom stereocenters. The summed E-state index contributed by atoms with van der Waals surface area (Å²) in [6.45, 7) is 3.64. The van der Waals surface area contributed by atoms with Crippen molar-refractivity contribution in [3.8, 4) is 0 Å². The van der Waals surface area contributed by atoms with E-state index < -0.39 is 5.97 Å². The molecule has 4 nitrogen and oxygen atoms in total. The van der Waals surface area contributed by atoms with Gasteiger partial charge in [0, 0.05) is 24.7 Å². The lowest BCUT2D eigenvalue weighted by molar-refractivity contribution is -0.136. The Bertz CT molecular complexity index is 314. The number of rotatable bonds is 9. The minimum atomic E-state index is -0.750. The summed E-state index contributed by atoms with van der Waals surface area (Å²) in [4.78, 5) is 16.9. The van der Waals surface area contributed by atoms with Gasteiger partial charge >= 0.3 is 5.97 Å². The quantitative estimate of drug-likeness (QED) is 0.690. The maximum Gasteiger partial charge on any atom is 0.305 e. The maximum absolute atomic E-state index is 10.6. The fraction of sp³-hybridized carbons (Fsp3) is 0.667. The zero-order valence-electron chi connectivity index (χ0n) is 10.3. The summed E-state index contributed by atoms with van der Waals surface area (Å²) >= 11 is 1.57. The highest BCUT2D eigenvalue weighted by atomic mass is 32.1. The molecule has 0 aromatic carbocycles. The molecular weight excluding hydrogens is 236 g/mol. The number of nitrogens with zero attached hydrogens (tertiary/aromatic N) is 2. The first-order valence-electron chi connectivity index (χ1n) is 6.10. The summed E-state index contributed by atoms with van der Waals surface area (Å²) in [5, 5.41) is 11.6. The van der Waals surface area contributed by atoms with Gasteiger partial charge in [0.15, 0.2) is 5.13 Å². The molecule has 0 aliphatic carbocycles. The molecule has 1 aromatic heterocycles. The molecule has 0 saturated carbocycles. The zero-order valence-corrected chi connectivity index (χ0v) is 11.1. The Morgan fingerprint density at radius 1 is 1.41 bits per heavy atom. The number of hydrogen-bond acceptors (Lipinski definition) is 4. The molecule has 17 heavy (non-hydrogen) atoms. The first-order valence-corrected chi connectivity index (χ1v) is 6.98. The van der Waals surface area contributed by atoms with Crippen LogP contribution < -0.4 is 4.90 Å². The molecule has 0 amide bonds. The van der Waals surface area contributed by atoms with Gasteiger partial charge in [0.1, 0.15) is 0 Å². The van der Waals surface area contributed by atoms with E-state index in [-0.39, 0.29) is 6.42 Å². The Hall–Kier alpha value is -1.10. The number of carboxylic acid groups (broad SMARTS) is 1. The first kappa shape index (κ1) is 14.0. The number of carboxylic acids is 1. The molecule has 1 rings (SSSR count). The minimum absolute atomic E-state index is 0.174. The molecule has 1 aromatic rings. The number of unbranched alkanes of at least 4 members (excludes halogenated alkanes) is 3. The van der Waals surface area contributed by atoms with Crippen molar-refractivity contribution in [2.45, 2.75) is 39.0 Å². The number of anilines is 1. The van der Waals surface area contributed by atoms with Gasteiger partial charge < -0.3 is 10.0 Å². The Morgan fingerprint density at radius 3 is 2.82 bits per heavy atom. The monoisotopic (exact) mass is 256 g/mol. The SMILES string of the molecule is CCCCCCN(CCC(=O)O)c1nccs1. The Labute approximate surface area is 106 Å². The van der Waals surface area contributed by atoms with Crippen LogP contribution in [0.2, 0.25) is 0 Å². The molecule has 0 aliphatic heterocycles. The summed E-state index contributed by atoms with van der Waals surface area (Å²) in [6.07, 6.45) is 6.70. The molecule has 96 valence electrons. The largest absolute Gasteiger partial charge is 0.481 e. The fourth-order valence-electron chi connectivity index (χ4n) is 1.64. The van der Waals surface area contributed by atoms with Gasteiger partial charge in [0.05, 0.1) is 6.42 Å². The average Bonchev–Trinajstić information content (AvgIpc) is 2.81.